The molecule has 1 aromatic carbocycles. The topological polar surface area (TPSA) is 61.4 Å². The van der Waals surface area contributed by atoms with Gasteiger partial charge in [0.05, 0.1) is 12.7 Å². The van der Waals surface area contributed by atoms with Crippen molar-refractivity contribution in [2.75, 3.05) is 6.61 Å². The van der Waals surface area contributed by atoms with E-state index in [4.69, 9.17) is 9.15 Å². The molecule has 0 aliphatic rings. The predicted octanol–water partition coefficient (Wildman–Crippen LogP) is 4.85. The Balaban J connectivity index is 1.66. The first-order valence-corrected chi connectivity index (χ1v) is 9.64. The lowest BCUT2D eigenvalue weighted by molar-refractivity contribution is -0.141. The predicted molar refractivity (Wildman–Crippen MR) is 109 cm³/mol. The summed E-state index contributed by atoms with van der Waals surface area (Å²) in [5.41, 5.74) is 6.40. The van der Waals surface area contributed by atoms with Gasteiger partial charge in [-0.25, -0.2) is 0 Å². The fraction of sp³-hybridized carbons (Fsp3) is 0.391. The SMILES string of the molecule is CCCn1c(C)cc(C(=O)COC(=O)Cc2coc3cc(C)c(C)cc23)c1C. The van der Waals surface area contributed by atoms with E-state index in [1.165, 1.54) is 0 Å². The lowest BCUT2D eigenvalue weighted by Gasteiger charge is -2.08. The summed E-state index contributed by atoms with van der Waals surface area (Å²) in [6, 6.07) is 5.86. The summed E-state index contributed by atoms with van der Waals surface area (Å²) in [6.07, 6.45) is 2.67. The molecule has 0 amide bonds. The molecule has 3 rings (SSSR count). The molecule has 0 unspecified atom stereocenters. The zero-order chi connectivity index (χ0) is 20.4. The van der Waals surface area contributed by atoms with Crippen LogP contribution in [0.3, 0.4) is 0 Å². The van der Waals surface area contributed by atoms with Crippen LogP contribution in [0.1, 0.15) is 51.8 Å². The minimum atomic E-state index is -0.434. The van der Waals surface area contributed by atoms with E-state index in [1.54, 1.807) is 6.26 Å². The van der Waals surface area contributed by atoms with Gasteiger partial charge in [-0.1, -0.05) is 6.92 Å². The Bertz CT molecular complexity index is 1040. The van der Waals surface area contributed by atoms with Crippen molar-refractivity contribution in [3.05, 3.63) is 58.1 Å². The summed E-state index contributed by atoms with van der Waals surface area (Å²) < 4.78 is 12.9. The van der Waals surface area contributed by atoms with Gasteiger partial charge in [0, 0.05) is 34.4 Å². The molecular weight excluding hydrogens is 354 g/mol. The van der Waals surface area contributed by atoms with Crippen LogP contribution in [0.4, 0.5) is 0 Å². The number of Topliss-reactive ketones (excluding diaryl/α,β-unsaturated/α-hetero) is 1. The van der Waals surface area contributed by atoms with Gasteiger partial charge in [-0.15, -0.1) is 0 Å². The summed E-state index contributed by atoms with van der Waals surface area (Å²) in [4.78, 5) is 24.8. The summed E-state index contributed by atoms with van der Waals surface area (Å²) in [7, 11) is 0. The monoisotopic (exact) mass is 381 g/mol. The molecule has 28 heavy (non-hydrogen) atoms. The summed E-state index contributed by atoms with van der Waals surface area (Å²) in [5.74, 6) is -0.607. The van der Waals surface area contributed by atoms with Crippen LogP contribution in [-0.2, 0) is 22.5 Å². The number of fused-ring (bicyclic) bond motifs is 1. The van der Waals surface area contributed by atoms with E-state index in [-0.39, 0.29) is 18.8 Å². The average molecular weight is 381 g/mol. The fourth-order valence-electron chi connectivity index (χ4n) is 3.55. The van der Waals surface area contributed by atoms with Crippen LogP contribution in [0, 0.1) is 27.7 Å². The Hall–Kier alpha value is -2.82. The number of carbonyl (C=O) groups excluding carboxylic acids is 2. The minimum Gasteiger partial charge on any atom is -0.464 e. The van der Waals surface area contributed by atoms with Crippen molar-refractivity contribution in [2.45, 2.75) is 54.0 Å². The molecule has 0 radical (unpaired) electrons. The molecule has 0 bridgehead atoms. The van der Waals surface area contributed by atoms with Crippen molar-refractivity contribution in [1.82, 2.24) is 4.57 Å². The summed E-state index contributed by atoms with van der Waals surface area (Å²) >= 11 is 0. The zero-order valence-corrected chi connectivity index (χ0v) is 17.2. The molecule has 0 saturated heterocycles. The highest BCUT2D eigenvalue weighted by atomic mass is 16.5. The molecule has 0 N–H and O–H groups in total. The molecule has 148 valence electrons. The first-order chi connectivity index (χ1) is 13.3. The fourth-order valence-corrected chi connectivity index (χ4v) is 3.55. The van der Waals surface area contributed by atoms with Gasteiger partial charge in [0.1, 0.15) is 5.58 Å². The number of esters is 1. The largest absolute Gasteiger partial charge is 0.464 e. The van der Waals surface area contributed by atoms with Gasteiger partial charge in [0.15, 0.2) is 6.61 Å². The van der Waals surface area contributed by atoms with Gasteiger partial charge in [0.25, 0.3) is 0 Å². The minimum absolute atomic E-state index is 0.0810. The maximum Gasteiger partial charge on any atom is 0.310 e. The van der Waals surface area contributed by atoms with Gasteiger partial charge < -0.3 is 13.7 Å². The Morgan fingerprint density at radius 2 is 1.79 bits per heavy atom. The molecule has 0 spiro atoms. The number of hydrogen-bond acceptors (Lipinski definition) is 4. The van der Waals surface area contributed by atoms with Gasteiger partial charge in [-0.2, -0.15) is 0 Å². The van der Waals surface area contributed by atoms with Crippen LogP contribution in [-0.4, -0.2) is 22.9 Å². The number of rotatable bonds is 7. The van der Waals surface area contributed by atoms with Crippen LogP contribution in [0.25, 0.3) is 11.0 Å². The van der Waals surface area contributed by atoms with E-state index in [1.807, 2.05) is 45.9 Å². The number of benzene rings is 1. The number of furan rings is 1. The maximum atomic E-state index is 12.5. The number of hydrogen-bond donors (Lipinski definition) is 0. The van der Waals surface area contributed by atoms with Gasteiger partial charge in [-0.3, -0.25) is 9.59 Å². The van der Waals surface area contributed by atoms with Crippen molar-refractivity contribution in [3.8, 4) is 0 Å². The molecule has 0 atom stereocenters. The maximum absolute atomic E-state index is 12.5. The third kappa shape index (κ3) is 3.88. The first kappa shape index (κ1) is 19.9. The van der Waals surface area contributed by atoms with Crippen molar-refractivity contribution >= 4 is 22.7 Å². The van der Waals surface area contributed by atoms with E-state index in [0.717, 1.165) is 52.0 Å². The molecule has 3 aromatic rings. The van der Waals surface area contributed by atoms with Gasteiger partial charge >= 0.3 is 5.97 Å². The van der Waals surface area contributed by atoms with E-state index in [0.29, 0.717) is 5.56 Å². The number of ketones is 1. The molecular formula is C23H27NO4. The third-order valence-corrected chi connectivity index (χ3v) is 5.29. The van der Waals surface area contributed by atoms with E-state index < -0.39 is 5.97 Å². The first-order valence-electron chi connectivity index (χ1n) is 9.64. The second kappa shape index (κ2) is 8.05. The Labute approximate surface area is 165 Å². The summed E-state index contributed by atoms with van der Waals surface area (Å²) in [5, 5.41) is 0.912. The lowest BCUT2D eigenvalue weighted by atomic mass is 10.0. The van der Waals surface area contributed by atoms with E-state index in [2.05, 4.69) is 11.5 Å². The van der Waals surface area contributed by atoms with Gasteiger partial charge in [-0.05, 0) is 63.4 Å². The lowest BCUT2D eigenvalue weighted by Crippen LogP contribution is -2.16. The number of aryl methyl sites for hydroxylation is 3. The number of aromatic nitrogens is 1. The highest BCUT2D eigenvalue weighted by Crippen LogP contribution is 2.25. The quantitative estimate of drug-likeness (QED) is 0.434. The third-order valence-electron chi connectivity index (χ3n) is 5.29. The smallest absolute Gasteiger partial charge is 0.310 e. The molecule has 2 heterocycles. The Morgan fingerprint density at radius 1 is 1.07 bits per heavy atom. The van der Waals surface area contributed by atoms with E-state index >= 15 is 0 Å². The summed E-state index contributed by atoms with van der Waals surface area (Å²) in [6.45, 7) is 10.7. The van der Waals surface area contributed by atoms with Crippen molar-refractivity contribution in [2.24, 2.45) is 0 Å². The molecule has 0 saturated carbocycles. The van der Waals surface area contributed by atoms with Crippen LogP contribution < -0.4 is 0 Å². The molecule has 5 heteroatoms. The van der Waals surface area contributed by atoms with Crippen molar-refractivity contribution in [1.29, 1.82) is 0 Å². The highest BCUT2D eigenvalue weighted by molar-refractivity contribution is 5.99. The highest BCUT2D eigenvalue weighted by Gasteiger charge is 2.18. The molecule has 0 fully saturated rings. The van der Waals surface area contributed by atoms with E-state index in [9.17, 15) is 9.59 Å². The molecule has 5 nitrogen and oxygen atoms in total. The number of nitrogens with zero attached hydrogens (tertiary/aromatic N) is 1. The number of carbonyl (C=O) groups is 2. The van der Waals surface area contributed by atoms with Gasteiger partial charge in [0.2, 0.25) is 5.78 Å². The number of ether oxygens (including phenoxy) is 1. The van der Waals surface area contributed by atoms with Crippen LogP contribution in [0.5, 0.6) is 0 Å². The second-order valence-corrected chi connectivity index (χ2v) is 7.39. The second-order valence-electron chi connectivity index (χ2n) is 7.39. The average Bonchev–Trinajstić information content (AvgIpc) is 3.16. The molecule has 0 aliphatic carbocycles. The van der Waals surface area contributed by atoms with Crippen molar-refractivity contribution in [3.63, 3.8) is 0 Å². The van der Waals surface area contributed by atoms with Crippen LogP contribution >= 0.6 is 0 Å². The molecule has 2 aromatic heterocycles. The van der Waals surface area contributed by atoms with Crippen LogP contribution in [0.2, 0.25) is 0 Å². The standard InChI is InChI=1S/C23H27NO4/c1-6-7-24-16(4)10-19(17(24)5)21(25)13-28-23(26)11-18-12-27-22-9-15(3)14(2)8-20(18)22/h8-10,12H,6-7,11,13H2,1-5H3. The van der Waals surface area contributed by atoms with Crippen molar-refractivity contribution < 1.29 is 18.7 Å². The Morgan fingerprint density at radius 3 is 2.50 bits per heavy atom. The van der Waals surface area contributed by atoms with Crippen LogP contribution in [0.15, 0.2) is 28.9 Å². The molecule has 0 aliphatic heterocycles. The Kier molecular flexibility index (Phi) is 5.73. The zero-order valence-electron chi connectivity index (χ0n) is 17.2. The normalized spacial score (nSPS) is 11.2.